The molecule has 2 aromatic heterocycles. The minimum Gasteiger partial charge on any atom is -0.493 e. The molecule has 25 heavy (non-hydrogen) atoms. The minimum atomic E-state index is -0.128. The van der Waals surface area contributed by atoms with Crippen LogP contribution in [0, 0.1) is 0 Å². The number of hydrogen-bond donors (Lipinski definition) is 1. The molecule has 0 atom stereocenters. The van der Waals surface area contributed by atoms with Gasteiger partial charge >= 0.3 is 0 Å². The van der Waals surface area contributed by atoms with Crippen molar-refractivity contribution in [3.05, 3.63) is 53.8 Å². The van der Waals surface area contributed by atoms with E-state index in [1.54, 1.807) is 38.7 Å². The lowest BCUT2D eigenvalue weighted by atomic mass is 10.2. The van der Waals surface area contributed by atoms with E-state index in [0.29, 0.717) is 17.2 Å². The predicted molar refractivity (Wildman–Crippen MR) is 97.2 cm³/mol. The molecule has 0 fully saturated rings. The molecule has 1 aromatic carbocycles. The Kier molecular flexibility index (Phi) is 5.25. The number of nitrogens with zero attached hydrogens (tertiary/aromatic N) is 2. The molecular weight excluding hydrogens is 338 g/mol. The van der Waals surface area contributed by atoms with Crippen molar-refractivity contribution in [2.75, 3.05) is 19.5 Å². The first kappa shape index (κ1) is 16.9. The summed E-state index contributed by atoms with van der Waals surface area (Å²) in [6, 6.07) is 9.19. The molecule has 0 radical (unpaired) electrons. The van der Waals surface area contributed by atoms with E-state index in [0.717, 1.165) is 16.3 Å². The Morgan fingerprint density at radius 1 is 1.20 bits per heavy atom. The number of benzene rings is 1. The zero-order valence-corrected chi connectivity index (χ0v) is 14.7. The number of pyridine rings is 1. The number of anilines is 1. The number of hydrogen-bond acceptors (Lipinski definition) is 6. The Morgan fingerprint density at radius 3 is 2.76 bits per heavy atom. The van der Waals surface area contributed by atoms with Crippen molar-refractivity contribution in [1.29, 1.82) is 0 Å². The Bertz CT molecular complexity index is 865. The van der Waals surface area contributed by atoms with E-state index in [9.17, 15) is 4.79 Å². The summed E-state index contributed by atoms with van der Waals surface area (Å²) in [4.78, 5) is 20.6. The number of thiazole rings is 1. The third kappa shape index (κ3) is 4.13. The van der Waals surface area contributed by atoms with E-state index < -0.39 is 0 Å². The van der Waals surface area contributed by atoms with Crippen LogP contribution in [0.5, 0.6) is 11.5 Å². The SMILES string of the molecule is COc1ccc(-c2nc(CC(=O)Nc3cccnc3)cs2)cc1OC. The van der Waals surface area contributed by atoms with Gasteiger partial charge in [-0.2, -0.15) is 0 Å². The van der Waals surface area contributed by atoms with Gasteiger partial charge in [-0.05, 0) is 30.3 Å². The van der Waals surface area contributed by atoms with Gasteiger partial charge in [0.2, 0.25) is 5.91 Å². The molecule has 0 aliphatic carbocycles. The van der Waals surface area contributed by atoms with Gasteiger partial charge in [-0.25, -0.2) is 4.98 Å². The quantitative estimate of drug-likeness (QED) is 0.733. The van der Waals surface area contributed by atoms with Crippen LogP contribution in [0.2, 0.25) is 0 Å². The lowest BCUT2D eigenvalue weighted by Crippen LogP contribution is -2.14. The second-order valence-corrected chi connectivity index (χ2v) is 6.04. The second kappa shape index (κ2) is 7.76. The van der Waals surface area contributed by atoms with Gasteiger partial charge in [0.25, 0.3) is 0 Å². The molecule has 0 bridgehead atoms. The van der Waals surface area contributed by atoms with Crippen LogP contribution in [0.4, 0.5) is 5.69 Å². The summed E-state index contributed by atoms with van der Waals surface area (Å²) in [6.07, 6.45) is 3.47. The number of ether oxygens (including phenoxy) is 2. The summed E-state index contributed by atoms with van der Waals surface area (Å²) in [5.74, 6) is 1.18. The van der Waals surface area contributed by atoms with Crippen LogP contribution in [0.3, 0.4) is 0 Å². The van der Waals surface area contributed by atoms with Crippen LogP contribution in [0.15, 0.2) is 48.1 Å². The maximum absolute atomic E-state index is 12.1. The highest BCUT2D eigenvalue weighted by Gasteiger charge is 2.12. The zero-order chi connectivity index (χ0) is 17.6. The summed E-state index contributed by atoms with van der Waals surface area (Å²) >= 11 is 1.48. The summed E-state index contributed by atoms with van der Waals surface area (Å²) in [6.45, 7) is 0. The number of amides is 1. The van der Waals surface area contributed by atoms with E-state index in [-0.39, 0.29) is 12.3 Å². The summed E-state index contributed by atoms with van der Waals surface area (Å²) in [5, 5.41) is 5.51. The fraction of sp³-hybridized carbons (Fsp3) is 0.167. The molecular formula is C18H17N3O3S. The van der Waals surface area contributed by atoms with Gasteiger partial charge in [-0.15, -0.1) is 11.3 Å². The van der Waals surface area contributed by atoms with Crippen molar-refractivity contribution in [1.82, 2.24) is 9.97 Å². The molecule has 6 nitrogen and oxygen atoms in total. The average molecular weight is 355 g/mol. The Hall–Kier alpha value is -2.93. The first-order valence-electron chi connectivity index (χ1n) is 7.56. The molecule has 128 valence electrons. The molecule has 0 unspecified atom stereocenters. The Balaban J connectivity index is 1.71. The van der Waals surface area contributed by atoms with Crippen molar-refractivity contribution < 1.29 is 14.3 Å². The normalized spacial score (nSPS) is 10.3. The highest BCUT2D eigenvalue weighted by atomic mass is 32.1. The first-order chi connectivity index (χ1) is 12.2. The second-order valence-electron chi connectivity index (χ2n) is 5.18. The molecule has 1 amide bonds. The predicted octanol–water partition coefficient (Wildman–Crippen LogP) is 3.40. The van der Waals surface area contributed by atoms with Crippen molar-refractivity contribution in [3.63, 3.8) is 0 Å². The smallest absolute Gasteiger partial charge is 0.230 e. The van der Waals surface area contributed by atoms with Gasteiger partial charge in [0, 0.05) is 17.1 Å². The van der Waals surface area contributed by atoms with Crippen LogP contribution in [0.25, 0.3) is 10.6 Å². The third-order valence-electron chi connectivity index (χ3n) is 3.47. The molecule has 0 spiro atoms. The molecule has 0 saturated carbocycles. The molecule has 1 N–H and O–H groups in total. The van der Waals surface area contributed by atoms with Gasteiger partial charge in [0.15, 0.2) is 11.5 Å². The zero-order valence-electron chi connectivity index (χ0n) is 13.9. The minimum absolute atomic E-state index is 0.128. The fourth-order valence-electron chi connectivity index (χ4n) is 2.30. The van der Waals surface area contributed by atoms with Gasteiger partial charge in [-0.3, -0.25) is 9.78 Å². The number of carbonyl (C=O) groups excluding carboxylic acids is 1. The summed E-state index contributed by atoms with van der Waals surface area (Å²) in [7, 11) is 3.19. The van der Waals surface area contributed by atoms with Gasteiger partial charge in [0.05, 0.1) is 38.2 Å². The number of methoxy groups -OCH3 is 2. The van der Waals surface area contributed by atoms with Gasteiger partial charge in [0.1, 0.15) is 5.01 Å². The molecule has 7 heteroatoms. The Morgan fingerprint density at radius 2 is 2.04 bits per heavy atom. The highest BCUT2D eigenvalue weighted by molar-refractivity contribution is 7.13. The third-order valence-corrected chi connectivity index (χ3v) is 4.41. The Labute approximate surface area is 149 Å². The summed E-state index contributed by atoms with van der Waals surface area (Å²) in [5.41, 5.74) is 2.31. The standard InChI is InChI=1S/C18H17N3O3S/c1-23-15-6-5-12(8-16(15)24-2)18-21-14(11-25-18)9-17(22)20-13-4-3-7-19-10-13/h3-8,10-11H,9H2,1-2H3,(H,20,22). The van der Waals surface area contributed by atoms with Crippen molar-refractivity contribution in [2.24, 2.45) is 0 Å². The maximum Gasteiger partial charge on any atom is 0.230 e. The number of nitrogens with one attached hydrogen (secondary N) is 1. The molecule has 2 heterocycles. The number of carbonyl (C=O) groups is 1. The largest absolute Gasteiger partial charge is 0.493 e. The molecule has 3 aromatic rings. The molecule has 0 aliphatic heterocycles. The molecule has 0 aliphatic rings. The monoisotopic (exact) mass is 355 g/mol. The molecule has 0 saturated heterocycles. The number of rotatable bonds is 6. The van der Waals surface area contributed by atoms with Crippen molar-refractivity contribution >= 4 is 22.9 Å². The number of aromatic nitrogens is 2. The molecule has 3 rings (SSSR count). The van der Waals surface area contributed by atoms with Crippen molar-refractivity contribution in [2.45, 2.75) is 6.42 Å². The van der Waals surface area contributed by atoms with E-state index in [1.165, 1.54) is 11.3 Å². The topological polar surface area (TPSA) is 73.3 Å². The van der Waals surface area contributed by atoms with E-state index in [4.69, 9.17) is 9.47 Å². The van der Waals surface area contributed by atoms with Crippen LogP contribution in [-0.2, 0) is 11.2 Å². The average Bonchev–Trinajstić information content (AvgIpc) is 3.10. The van der Waals surface area contributed by atoms with Crippen LogP contribution < -0.4 is 14.8 Å². The fourth-order valence-corrected chi connectivity index (χ4v) is 3.11. The van der Waals surface area contributed by atoms with Crippen LogP contribution >= 0.6 is 11.3 Å². The van der Waals surface area contributed by atoms with E-state index >= 15 is 0 Å². The maximum atomic E-state index is 12.1. The lowest BCUT2D eigenvalue weighted by molar-refractivity contribution is -0.115. The summed E-state index contributed by atoms with van der Waals surface area (Å²) < 4.78 is 10.6. The van der Waals surface area contributed by atoms with Gasteiger partial charge < -0.3 is 14.8 Å². The van der Waals surface area contributed by atoms with E-state index in [1.807, 2.05) is 23.6 Å². The van der Waals surface area contributed by atoms with Crippen LogP contribution in [-0.4, -0.2) is 30.1 Å². The van der Waals surface area contributed by atoms with E-state index in [2.05, 4.69) is 15.3 Å². The van der Waals surface area contributed by atoms with Crippen LogP contribution in [0.1, 0.15) is 5.69 Å². The van der Waals surface area contributed by atoms with Crippen molar-refractivity contribution in [3.8, 4) is 22.1 Å². The highest BCUT2D eigenvalue weighted by Crippen LogP contribution is 2.33. The van der Waals surface area contributed by atoms with Gasteiger partial charge in [-0.1, -0.05) is 0 Å². The lowest BCUT2D eigenvalue weighted by Gasteiger charge is -2.08. The first-order valence-corrected chi connectivity index (χ1v) is 8.44.